The molecule has 0 unspecified atom stereocenters. The maximum absolute atomic E-state index is 10.0. The first-order valence-corrected chi connectivity index (χ1v) is 7.71. The lowest BCUT2D eigenvalue weighted by Crippen LogP contribution is -1.95. The predicted octanol–water partition coefficient (Wildman–Crippen LogP) is 6.61. The third-order valence-corrected chi connectivity index (χ3v) is 5.07. The lowest BCUT2D eigenvalue weighted by atomic mass is 10.0. The fraction of sp³-hybridized carbons (Fsp3) is 0.0769. The van der Waals surface area contributed by atoms with Crippen molar-refractivity contribution in [2.75, 3.05) is 0 Å². The number of benzene rings is 2. The molecule has 0 atom stereocenters. The predicted molar refractivity (Wildman–Crippen MR) is 89.1 cm³/mol. The van der Waals surface area contributed by atoms with Gasteiger partial charge in [0.25, 0.3) is 0 Å². The molecule has 0 radical (unpaired) electrons. The minimum atomic E-state index is -0.291. The van der Waals surface area contributed by atoms with Gasteiger partial charge < -0.3 is 10.2 Å². The van der Waals surface area contributed by atoms with Crippen LogP contribution in [-0.2, 0) is 6.42 Å². The summed E-state index contributed by atoms with van der Waals surface area (Å²) >= 11 is 35.6. The van der Waals surface area contributed by atoms with E-state index in [0.717, 1.165) is 0 Å². The number of phenols is 2. The average Bonchev–Trinajstić information content (AvgIpc) is 2.42. The van der Waals surface area contributed by atoms with Crippen molar-refractivity contribution in [3.8, 4) is 11.5 Å². The molecule has 0 aliphatic heterocycles. The van der Waals surface area contributed by atoms with Crippen molar-refractivity contribution >= 4 is 69.6 Å². The van der Waals surface area contributed by atoms with Crippen molar-refractivity contribution < 1.29 is 10.2 Å². The number of hydrogen-bond donors (Lipinski definition) is 2. The number of halogens is 6. The maximum atomic E-state index is 10.0. The van der Waals surface area contributed by atoms with E-state index in [1.54, 1.807) is 0 Å². The molecule has 2 rings (SSSR count). The molecule has 0 heterocycles. The second-order valence-corrected chi connectivity index (χ2v) is 6.52. The zero-order valence-corrected chi connectivity index (χ0v) is 14.6. The van der Waals surface area contributed by atoms with Crippen LogP contribution in [0.4, 0.5) is 0 Å². The number of hydrogen-bond acceptors (Lipinski definition) is 2. The summed E-state index contributed by atoms with van der Waals surface area (Å²) in [6.45, 7) is 0. The summed E-state index contributed by atoms with van der Waals surface area (Å²) in [6, 6.07) is 2.71. The van der Waals surface area contributed by atoms with Crippen LogP contribution in [0.25, 0.3) is 0 Å². The molecule has 0 aromatic heterocycles. The van der Waals surface area contributed by atoms with Gasteiger partial charge in [-0.15, -0.1) is 0 Å². The molecular formula is C13H6Cl6O2. The molecule has 2 nitrogen and oxygen atoms in total. The zero-order valence-electron chi connectivity index (χ0n) is 10.0. The standard InChI is InChI=1S/C13H6Cl6O2/c14-6-2-8(16)11(19)13(21)4(6)1-5-10(18)7(15)3-9(17)12(5)20/h2-3,20-21H,1H2. The van der Waals surface area contributed by atoms with Gasteiger partial charge in [0.1, 0.15) is 16.5 Å². The molecule has 2 aromatic carbocycles. The van der Waals surface area contributed by atoms with Crippen molar-refractivity contribution in [3.63, 3.8) is 0 Å². The van der Waals surface area contributed by atoms with Gasteiger partial charge in [0, 0.05) is 22.6 Å². The Hall–Kier alpha value is -0.220. The van der Waals surface area contributed by atoms with Crippen molar-refractivity contribution in [1.29, 1.82) is 0 Å². The van der Waals surface area contributed by atoms with Crippen molar-refractivity contribution in [3.05, 3.63) is 53.4 Å². The fourth-order valence-electron chi connectivity index (χ4n) is 1.76. The summed E-state index contributed by atoms with van der Waals surface area (Å²) in [5.74, 6) is -0.534. The van der Waals surface area contributed by atoms with Crippen LogP contribution in [0, 0.1) is 0 Å². The summed E-state index contributed by atoms with van der Waals surface area (Å²) in [5, 5.41) is 20.6. The number of aromatic hydroxyl groups is 2. The Labute approximate surface area is 150 Å². The van der Waals surface area contributed by atoms with Crippen LogP contribution >= 0.6 is 69.6 Å². The largest absolute Gasteiger partial charge is 0.506 e. The summed E-state index contributed by atoms with van der Waals surface area (Å²) < 4.78 is 0. The Morgan fingerprint density at radius 1 is 0.619 bits per heavy atom. The van der Waals surface area contributed by atoms with E-state index in [2.05, 4.69) is 0 Å². The molecular weight excluding hydrogens is 401 g/mol. The van der Waals surface area contributed by atoms with Gasteiger partial charge in [-0.2, -0.15) is 0 Å². The zero-order chi connectivity index (χ0) is 15.9. The van der Waals surface area contributed by atoms with Crippen LogP contribution in [0.2, 0.25) is 30.1 Å². The second kappa shape index (κ2) is 6.49. The quantitative estimate of drug-likeness (QED) is 0.551. The fourth-order valence-corrected chi connectivity index (χ4v) is 3.16. The SMILES string of the molecule is Oc1c(Cl)c(Cl)cc(Cl)c1Cc1c(O)c(Cl)cc(Cl)c1Cl. The van der Waals surface area contributed by atoms with E-state index in [4.69, 9.17) is 69.6 Å². The highest BCUT2D eigenvalue weighted by Gasteiger charge is 2.20. The van der Waals surface area contributed by atoms with Crippen LogP contribution in [0.3, 0.4) is 0 Å². The van der Waals surface area contributed by atoms with Crippen LogP contribution < -0.4 is 0 Å². The van der Waals surface area contributed by atoms with E-state index in [0.29, 0.717) is 0 Å². The van der Waals surface area contributed by atoms with Crippen LogP contribution in [0.15, 0.2) is 12.1 Å². The molecule has 112 valence electrons. The minimum Gasteiger partial charge on any atom is -0.506 e. The lowest BCUT2D eigenvalue weighted by molar-refractivity contribution is 0.463. The third-order valence-electron chi connectivity index (χ3n) is 2.84. The van der Waals surface area contributed by atoms with Crippen molar-refractivity contribution in [2.24, 2.45) is 0 Å². The number of phenolic OH excluding ortho intramolecular Hbond substituents is 2. The highest BCUT2D eigenvalue weighted by molar-refractivity contribution is 6.45. The van der Waals surface area contributed by atoms with Crippen LogP contribution in [0.5, 0.6) is 11.5 Å². The maximum Gasteiger partial charge on any atom is 0.140 e. The van der Waals surface area contributed by atoms with Gasteiger partial charge in [0.15, 0.2) is 0 Å². The van der Waals surface area contributed by atoms with Gasteiger partial charge in [-0.25, -0.2) is 0 Å². The molecule has 0 fully saturated rings. The van der Waals surface area contributed by atoms with Gasteiger partial charge >= 0.3 is 0 Å². The molecule has 0 amide bonds. The third kappa shape index (κ3) is 3.26. The Kier molecular flexibility index (Phi) is 5.30. The van der Waals surface area contributed by atoms with E-state index in [9.17, 15) is 10.2 Å². The van der Waals surface area contributed by atoms with Gasteiger partial charge in [-0.05, 0) is 12.1 Å². The van der Waals surface area contributed by atoms with Crippen molar-refractivity contribution in [2.45, 2.75) is 6.42 Å². The first-order chi connectivity index (χ1) is 9.73. The smallest absolute Gasteiger partial charge is 0.140 e. The Balaban J connectivity index is 2.62. The van der Waals surface area contributed by atoms with E-state index < -0.39 is 0 Å². The number of rotatable bonds is 2. The van der Waals surface area contributed by atoms with Gasteiger partial charge in [0.05, 0.1) is 20.1 Å². The highest BCUT2D eigenvalue weighted by Crippen LogP contribution is 2.44. The molecule has 8 heteroatoms. The van der Waals surface area contributed by atoms with Crippen molar-refractivity contribution in [1.82, 2.24) is 0 Å². The molecule has 21 heavy (non-hydrogen) atoms. The molecule has 0 aliphatic carbocycles. The van der Waals surface area contributed by atoms with E-state index in [1.165, 1.54) is 12.1 Å². The Morgan fingerprint density at radius 3 is 1.76 bits per heavy atom. The van der Waals surface area contributed by atoms with E-state index in [-0.39, 0.29) is 59.2 Å². The molecule has 0 spiro atoms. The summed E-state index contributed by atoms with van der Waals surface area (Å²) in [7, 11) is 0. The first kappa shape index (κ1) is 17.1. The minimum absolute atomic E-state index is 0.0213. The van der Waals surface area contributed by atoms with Crippen LogP contribution in [-0.4, -0.2) is 10.2 Å². The van der Waals surface area contributed by atoms with E-state index >= 15 is 0 Å². The molecule has 0 saturated carbocycles. The van der Waals surface area contributed by atoms with Crippen LogP contribution in [0.1, 0.15) is 11.1 Å². The van der Waals surface area contributed by atoms with Gasteiger partial charge in [-0.3, -0.25) is 0 Å². The monoisotopic (exact) mass is 404 g/mol. The summed E-state index contributed by atoms with van der Waals surface area (Å²) in [6.07, 6.45) is -0.0213. The normalized spacial score (nSPS) is 11.0. The second-order valence-electron chi connectivity index (χ2n) is 4.14. The average molecular weight is 407 g/mol. The highest BCUT2D eigenvalue weighted by atomic mass is 35.5. The van der Waals surface area contributed by atoms with Gasteiger partial charge in [0.2, 0.25) is 0 Å². The van der Waals surface area contributed by atoms with E-state index in [1.807, 2.05) is 0 Å². The summed E-state index contributed by atoms with van der Waals surface area (Å²) in [5.41, 5.74) is 0.478. The topological polar surface area (TPSA) is 40.5 Å². The Bertz CT molecular complexity index is 703. The molecule has 2 N–H and O–H groups in total. The lowest BCUT2D eigenvalue weighted by Gasteiger charge is -2.14. The first-order valence-electron chi connectivity index (χ1n) is 5.44. The Morgan fingerprint density at radius 2 is 1.14 bits per heavy atom. The van der Waals surface area contributed by atoms with Gasteiger partial charge in [-0.1, -0.05) is 69.6 Å². The summed E-state index contributed by atoms with van der Waals surface area (Å²) in [4.78, 5) is 0. The molecule has 0 aliphatic rings. The molecule has 0 bridgehead atoms. The molecule has 0 saturated heterocycles. The molecule has 2 aromatic rings.